The number of hydrogen-bond acceptors (Lipinski definition) is 3. The first-order valence-electron chi connectivity index (χ1n) is 5.76. The first kappa shape index (κ1) is 13.4. The van der Waals surface area contributed by atoms with Crippen molar-refractivity contribution in [1.29, 1.82) is 0 Å². The van der Waals surface area contributed by atoms with E-state index in [1.54, 1.807) is 18.0 Å². The lowest BCUT2D eigenvalue weighted by Crippen LogP contribution is -2.12. The Morgan fingerprint density at radius 3 is 2.72 bits per heavy atom. The first-order chi connectivity index (χ1) is 8.70. The molecule has 94 valence electrons. The summed E-state index contributed by atoms with van der Waals surface area (Å²) < 4.78 is 0. The standard InChI is InChI=1S/C14H15ClN2S/c1-10(16-2)11-6-7-13(12(15)9-11)18-14-5-3-4-8-17-14/h3-10,16H,1-2H3. The topological polar surface area (TPSA) is 24.9 Å². The number of nitrogens with zero attached hydrogens (tertiary/aromatic N) is 1. The van der Waals surface area contributed by atoms with E-state index in [1.807, 2.05) is 37.4 Å². The number of aromatic nitrogens is 1. The molecule has 4 heteroatoms. The fraction of sp³-hybridized carbons (Fsp3) is 0.214. The van der Waals surface area contributed by atoms with Crippen LogP contribution in [-0.2, 0) is 0 Å². The molecule has 0 saturated carbocycles. The number of pyridine rings is 1. The van der Waals surface area contributed by atoms with Crippen molar-refractivity contribution in [3.05, 3.63) is 53.2 Å². The third-order valence-electron chi connectivity index (χ3n) is 2.74. The van der Waals surface area contributed by atoms with Crippen LogP contribution in [0.15, 0.2) is 52.5 Å². The van der Waals surface area contributed by atoms with Crippen LogP contribution in [0.3, 0.4) is 0 Å². The van der Waals surface area contributed by atoms with Crippen molar-refractivity contribution in [2.75, 3.05) is 7.05 Å². The normalized spacial score (nSPS) is 12.4. The van der Waals surface area contributed by atoms with Crippen molar-refractivity contribution in [2.45, 2.75) is 22.9 Å². The van der Waals surface area contributed by atoms with Crippen LogP contribution in [0, 0.1) is 0 Å². The molecule has 0 aliphatic carbocycles. The summed E-state index contributed by atoms with van der Waals surface area (Å²) in [4.78, 5) is 5.31. The van der Waals surface area contributed by atoms with Crippen LogP contribution in [0.1, 0.15) is 18.5 Å². The van der Waals surface area contributed by atoms with E-state index in [-0.39, 0.29) is 0 Å². The van der Waals surface area contributed by atoms with Crippen molar-refractivity contribution in [1.82, 2.24) is 10.3 Å². The highest BCUT2D eigenvalue weighted by atomic mass is 35.5. The van der Waals surface area contributed by atoms with Crippen LogP contribution in [0.4, 0.5) is 0 Å². The quantitative estimate of drug-likeness (QED) is 0.909. The molecule has 18 heavy (non-hydrogen) atoms. The minimum atomic E-state index is 0.302. The van der Waals surface area contributed by atoms with E-state index in [0.717, 1.165) is 14.9 Å². The molecule has 2 aromatic rings. The molecule has 1 heterocycles. The summed E-state index contributed by atoms with van der Waals surface area (Å²) in [5.74, 6) is 0. The summed E-state index contributed by atoms with van der Waals surface area (Å²) in [6.45, 7) is 2.11. The van der Waals surface area contributed by atoms with Gasteiger partial charge in [-0.25, -0.2) is 4.98 Å². The lowest BCUT2D eigenvalue weighted by Gasteiger charge is -2.12. The average molecular weight is 279 g/mol. The van der Waals surface area contributed by atoms with Gasteiger partial charge in [0, 0.05) is 17.1 Å². The van der Waals surface area contributed by atoms with Gasteiger partial charge in [0.25, 0.3) is 0 Å². The van der Waals surface area contributed by atoms with E-state index in [0.29, 0.717) is 6.04 Å². The van der Waals surface area contributed by atoms with Crippen LogP contribution >= 0.6 is 23.4 Å². The molecule has 0 radical (unpaired) electrons. The monoisotopic (exact) mass is 278 g/mol. The highest BCUT2D eigenvalue weighted by Gasteiger charge is 2.08. The minimum Gasteiger partial charge on any atom is -0.313 e. The second-order valence-electron chi connectivity index (χ2n) is 3.97. The number of rotatable bonds is 4. The van der Waals surface area contributed by atoms with E-state index in [9.17, 15) is 0 Å². The molecular weight excluding hydrogens is 264 g/mol. The summed E-state index contributed by atoms with van der Waals surface area (Å²) in [7, 11) is 1.94. The molecule has 1 aromatic heterocycles. The van der Waals surface area contributed by atoms with Gasteiger partial charge in [0.05, 0.1) is 5.02 Å². The van der Waals surface area contributed by atoms with Gasteiger partial charge in [-0.1, -0.05) is 35.5 Å². The highest BCUT2D eigenvalue weighted by molar-refractivity contribution is 7.99. The van der Waals surface area contributed by atoms with Crippen molar-refractivity contribution in [3.63, 3.8) is 0 Å². The maximum absolute atomic E-state index is 6.30. The van der Waals surface area contributed by atoms with Crippen molar-refractivity contribution in [2.24, 2.45) is 0 Å². The van der Waals surface area contributed by atoms with Gasteiger partial charge in [0.15, 0.2) is 0 Å². The lowest BCUT2D eigenvalue weighted by molar-refractivity contribution is 0.652. The van der Waals surface area contributed by atoms with E-state index in [1.165, 1.54) is 5.56 Å². The Kier molecular flexibility index (Phi) is 4.64. The maximum atomic E-state index is 6.30. The van der Waals surface area contributed by atoms with Gasteiger partial charge < -0.3 is 5.32 Å². The van der Waals surface area contributed by atoms with Gasteiger partial charge in [-0.2, -0.15) is 0 Å². The predicted molar refractivity (Wildman–Crippen MR) is 77.3 cm³/mol. The lowest BCUT2D eigenvalue weighted by atomic mass is 10.1. The maximum Gasteiger partial charge on any atom is 0.101 e. The molecule has 1 atom stereocenters. The highest BCUT2D eigenvalue weighted by Crippen LogP contribution is 2.33. The predicted octanol–water partition coefficient (Wildman–Crippen LogP) is 4.17. The fourth-order valence-electron chi connectivity index (χ4n) is 1.56. The second-order valence-corrected chi connectivity index (χ2v) is 5.44. The molecule has 2 nitrogen and oxygen atoms in total. The third-order valence-corrected chi connectivity index (χ3v) is 4.19. The summed E-state index contributed by atoms with van der Waals surface area (Å²) in [5.41, 5.74) is 1.19. The third kappa shape index (κ3) is 3.25. The Balaban J connectivity index is 2.20. The summed E-state index contributed by atoms with van der Waals surface area (Å²) in [6, 6.07) is 12.3. The van der Waals surface area contributed by atoms with Gasteiger partial charge in [-0.05, 0) is 43.8 Å². The summed E-state index contributed by atoms with van der Waals surface area (Å²) >= 11 is 7.88. The fourth-order valence-corrected chi connectivity index (χ4v) is 2.64. The summed E-state index contributed by atoms with van der Waals surface area (Å²) in [5, 5.41) is 4.92. The van der Waals surface area contributed by atoms with E-state index >= 15 is 0 Å². The van der Waals surface area contributed by atoms with Gasteiger partial charge in [0.2, 0.25) is 0 Å². The molecule has 1 aromatic carbocycles. The van der Waals surface area contributed by atoms with Crippen LogP contribution in [0.5, 0.6) is 0 Å². The molecule has 0 fully saturated rings. The number of benzene rings is 1. The van der Waals surface area contributed by atoms with Crippen molar-refractivity contribution >= 4 is 23.4 Å². The molecule has 0 amide bonds. The van der Waals surface area contributed by atoms with Gasteiger partial charge in [-0.15, -0.1) is 0 Å². The Hall–Kier alpha value is -1.03. The zero-order chi connectivity index (χ0) is 13.0. The Bertz CT molecular complexity index is 516. The molecule has 0 aliphatic rings. The smallest absolute Gasteiger partial charge is 0.101 e. The molecule has 2 rings (SSSR count). The molecule has 0 saturated heterocycles. The largest absolute Gasteiger partial charge is 0.313 e. The zero-order valence-electron chi connectivity index (χ0n) is 10.4. The SMILES string of the molecule is CNC(C)c1ccc(Sc2ccccn2)c(Cl)c1. The molecule has 0 bridgehead atoms. The van der Waals surface area contributed by atoms with Gasteiger partial charge >= 0.3 is 0 Å². The van der Waals surface area contributed by atoms with E-state index in [4.69, 9.17) is 11.6 Å². The minimum absolute atomic E-state index is 0.302. The number of nitrogens with one attached hydrogen (secondary N) is 1. The van der Waals surface area contributed by atoms with Gasteiger partial charge in [-0.3, -0.25) is 0 Å². The average Bonchev–Trinajstić information content (AvgIpc) is 2.41. The van der Waals surface area contributed by atoms with Crippen molar-refractivity contribution in [3.8, 4) is 0 Å². The Morgan fingerprint density at radius 1 is 1.28 bits per heavy atom. The Morgan fingerprint density at radius 2 is 2.11 bits per heavy atom. The molecule has 1 N–H and O–H groups in total. The number of hydrogen-bond donors (Lipinski definition) is 1. The molecular formula is C14H15ClN2S. The summed E-state index contributed by atoms with van der Waals surface area (Å²) in [6.07, 6.45) is 1.79. The van der Waals surface area contributed by atoms with Crippen LogP contribution in [0.2, 0.25) is 5.02 Å². The molecule has 0 spiro atoms. The number of halogens is 1. The van der Waals surface area contributed by atoms with E-state index < -0.39 is 0 Å². The second kappa shape index (κ2) is 6.23. The van der Waals surface area contributed by atoms with E-state index in [2.05, 4.69) is 23.3 Å². The van der Waals surface area contributed by atoms with Gasteiger partial charge in [0.1, 0.15) is 5.03 Å². The molecule has 1 unspecified atom stereocenters. The zero-order valence-corrected chi connectivity index (χ0v) is 11.9. The van der Waals surface area contributed by atoms with Crippen LogP contribution in [-0.4, -0.2) is 12.0 Å². The first-order valence-corrected chi connectivity index (χ1v) is 6.95. The van der Waals surface area contributed by atoms with Crippen molar-refractivity contribution < 1.29 is 0 Å². The Labute approximate surface area is 117 Å². The van der Waals surface area contributed by atoms with Crippen LogP contribution in [0.25, 0.3) is 0 Å². The van der Waals surface area contributed by atoms with Crippen LogP contribution < -0.4 is 5.32 Å². The molecule has 0 aliphatic heterocycles.